The van der Waals surface area contributed by atoms with Gasteiger partial charge in [0, 0.05) is 16.8 Å². The molecular weight excluding hydrogens is 378 g/mol. The van der Waals surface area contributed by atoms with E-state index >= 15 is 0 Å². The van der Waals surface area contributed by atoms with E-state index in [1.165, 1.54) is 0 Å². The van der Waals surface area contributed by atoms with Crippen molar-refractivity contribution in [3.8, 4) is 28.4 Å². The van der Waals surface area contributed by atoms with Crippen LogP contribution in [0, 0.1) is 0 Å². The molecule has 0 spiro atoms. The van der Waals surface area contributed by atoms with Crippen LogP contribution in [0.1, 0.15) is 16.1 Å². The first-order valence-corrected chi connectivity index (χ1v) is 9.39. The van der Waals surface area contributed by atoms with E-state index in [9.17, 15) is 4.79 Å². The van der Waals surface area contributed by atoms with Gasteiger partial charge in [-0.1, -0.05) is 30.3 Å². The number of ketones is 1. The molecule has 4 aromatic rings. The molecule has 1 heterocycles. The van der Waals surface area contributed by atoms with E-state index in [0.29, 0.717) is 17.0 Å². The molecule has 1 aromatic heterocycles. The average Bonchev–Trinajstić information content (AvgIpc) is 3.16. The summed E-state index contributed by atoms with van der Waals surface area (Å²) in [6, 6.07) is 23.9. The van der Waals surface area contributed by atoms with Crippen molar-refractivity contribution in [3.05, 3.63) is 90.1 Å². The van der Waals surface area contributed by atoms with Gasteiger partial charge in [0.15, 0.2) is 0 Å². The Balaban J connectivity index is 1.93. The lowest BCUT2D eigenvalue weighted by Crippen LogP contribution is -2.06. The van der Waals surface area contributed by atoms with Gasteiger partial charge in [0.25, 0.3) is 0 Å². The van der Waals surface area contributed by atoms with Gasteiger partial charge in [0.05, 0.1) is 19.9 Å². The van der Waals surface area contributed by atoms with E-state index in [0.717, 1.165) is 22.7 Å². The molecule has 0 unspecified atom stereocenters. The minimum atomic E-state index is -0.194. The lowest BCUT2D eigenvalue weighted by molar-refractivity contribution is 0.103. The molecular formula is C24H21N3O3. The summed E-state index contributed by atoms with van der Waals surface area (Å²) >= 11 is 0. The Morgan fingerprint density at radius 2 is 1.40 bits per heavy atom. The number of nitrogens with zero attached hydrogens (tertiary/aromatic N) is 2. The third kappa shape index (κ3) is 3.51. The van der Waals surface area contributed by atoms with Crippen LogP contribution in [0.15, 0.2) is 78.9 Å². The van der Waals surface area contributed by atoms with E-state index < -0.39 is 0 Å². The molecule has 0 saturated heterocycles. The molecule has 30 heavy (non-hydrogen) atoms. The molecule has 150 valence electrons. The second kappa shape index (κ2) is 8.13. The number of aromatic nitrogens is 2. The highest BCUT2D eigenvalue weighted by molar-refractivity contribution is 6.11. The molecule has 0 amide bonds. The lowest BCUT2D eigenvalue weighted by Gasteiger charge is -2.12. The highest BCUT2D eigenvalue weighted by Crippen LogP contribution is 2.33. The third-order valence-corrected chi connectivity index (χ3v) is 4.85. The van der Waals surface area contributed by atoms with Gasteiger partial charge in [-0.2, -0.15) is 0 Å². The molecule has 0 fully saturated rings. The van der Waals surface area contributed by atoms with Crippen LogP contribution in [0.2, 0.25) is 0 Å². The number of nitrogen functional groups attached to an aromatic ring is 1. The van der Waals surface area contributed by atoms with E-state index in [-0.39, 0.29) is 11.7 Å². The van der Waals surface area contributed by atoms with Crippen molar-refractivity contribution < 1.29 is 14.3 Å². The first kappa shape index (κ1) is 19.3. The third-order valence-electron chi connectivity index (χ3n) is 4.85. The summed E-state index contributed by atoms with van der Waals surface area (Å²) in [5, 5.41) is 0. The number of rotatable bonds is 6. The molecule has 6 heteroatoms. The maximum Gasteiger partial charge on any atom is 0.213 e. The second-order valence-corrected chi connectivity index (χ2v) is 6.62. The van der Waals surface area contributed by atoms with E-state index in [2.05, 4.69) is 4.98 Å². The summed E-state index contributed by atoms with van der Waals surface area (Å²) < 4.78 is 12.3. The monoisotopic (exact) mass is 399 g/mol. The fraction of sp³-hybridized carbons (Fsp3) is 0.0833. The number of hydrogen-bond donors (Lipinski definition) is 1. The van der Waals surface area contributed by atoms with Crippen molar-refractivity contribution in [2.24, 2.45) is 0 Å². The van der Waals surface area contributed by atoms with Crippen LogP contribution in [-0.4, -0.2) is 29.6 Å². The fourth-order valence-corrected chi connectivity index (χ4v) is 3.33. The maximum atomic E-state index is 13.3. The number of hydrogen-bond acceptors (Lipinski definition) is 5. The molecule has 0 atom stereocenters. The van der Waals surface area contributed by atoms with Gasteiger partial charge < -0.3 is 15.2 Å². The largest absolute Gasteiger partial charge is 0.497 e. The molecule has 0 aliphatic rings. The Morgan fingerprint density at radius 1 is 0.833 bits per heavy atom. The molecule has 3 aromatic carbocycles. The summed E-state index contributed by atoms with van der Waals surface area (Å²) in [6.45, 7) is 0. The van der Waals surface area contributed by atoms with Crippen LogP contribution in [0.3, 0.4) is 0 Å². The van der Waals surface area contributed by atoms with E-state index in [1.54, 1.807) is 30.9 Å². The highest BCUT2D eigenvalue weighted by atomic mass is 16.5. The summed E-state index contributed by atoms with van der Waals surface area (Å²) in [5.41, 5.74) is 9.33. The summed E-state index contributed by atoms with van der Waals surface area (Å²) in [4.78, 5) is 17.7. The molecule has 0 aliphatic heterocycles. The SMILES string of the molecule is COc1ccc(-c2c(C(=O)c3ccccc3)nc(N)n2-c2ccc(OC)cc2)cc1. The second-order valence-electron chi connectivity index (χ2n) is 6.62. The Hall–Kier alpha value is -4.06. The predicted molar refractivity (Wildman–Crippen MR) is 116 cm³/mol. The lowest BCUT2D eigenvalue weighted by atomic mass is 10.0. The summed E-state index contributed by atoms with van der Waals surface area (Å²) in [7, 11) is 3.22. The topological polar surface area (TPSA) is 79.4 Å². The van der Waals surface area contributed by atoms with Gasteiger partial charge >= 0.3 is 0 Å². The number of ether oxygens (including phenoxy) is 2. The van der Waals surface area contributed by atoms with Crippen molar-refractivity contribution in [3.63, 3.8) is 0 Å². The van der Waals surface area contributed by atoms with Crippen molar-refractivity contribution in [1.29, 1.82) is 0 Å². The molecule has 0 bridgehead atoms. The van der Waals surface area contributed by atoms with Gasteiger partial charge in [-0.15, -0.1) is 0 Å². The van der Waals surface area contributed by atoms with Crippen LogP contribution >= 0.6 is 0 Å². The number of nitrogens with two attached hydrogens (primary N) is 1. The number of carbonyl (C=O) groups is 1. The molecule has 4 rings (SSSR count). The number of anilines is 1. The number of methoxy groups -OCH3 is 2. The number of benzene rings is 3. The average molecular weight is 399 g/mol. The predicted octanol–water partition coefficient (Wildman–Crippen LogP) is 4.37. The number of carbonyl (C=O) groups excluding carboxylic acids is 1. The van der Waals surface area contributed by atoms with E-state index in [1.807, 2.05) is 66.7 Å². The van der Waals surface area contributed by atoms with Crippen LogP contribution in [0.5, 0.6) is 11.5 Å². The minimum Gasteiger partial charge on any atom is -0.497 e. The van der Waals surface area contributed by atoms with Gasteiger partial charge in [-0.3, -0.25) is 9.36 Å². The molecule has 0 saturated carbocycles. The van der Waals surface area contributed by atoms with Gasteiger partial charge in [-0.05, 0) is 48.5 Å². The Kier molecular flexibility index (Phi) is 5.22. The van der Waals surface area contributed by atoms with Gasteiger partial charge in [0.1, 0.15) is 17.2 Å². The fourth-order valence-electron chi connectivity index (χ4n) is 3.33. The van der Waals surface area contributed by atoms with Crippen molar-refractivity contribution in [2.45, 2.75) is 0 Å². The number of imidazole rings is 1. The van der Waals surface area contributed by atoms with E-state index in [4.69, 9.17) is 15.2 Å². The van der Waals surface area contributed by atoms with Crippen LogP contribution in [0.25, 0.3) is 16.9 Å². The standard InChI is InChI=1S/C24H21N3O3/c1-29-19-12-8-16(9-13-19)22-21(23(28)17-6-4-3-5-7-17)26-24(25)27(22)18-10-14-20(30-2)15-11-18/h3-15H,1-2H3,(H2,25,26). The maximum absolute atomic E-state index is 13.3. The summed E-state index contributed by atoms with van der Waals surface area (Å²) in [6.07, 6.45) is 0. The molecule has 0 radical (unpaired) electrons. The zero-order chi connectivity index (χ0) is 21.1. The van der Waals surface area contributed by atoms with Gasteiger partial charge in [-0.25, -0.2) is 4.98 Å². The van der Waals surface area contributed by atoms with Crippen molar-refractivity contribution in [2.75, 3.05) is 20.0 Å². The Labute approximate surface area is 174 Å². The van der Waals surface area contributed by atoms with Crippen molar-refractivity contribution >= 4 is 11.7 Å². The quantitative estimate of drug-likeness (QED) is 0.487. The smallest absolute Gasteiger partial charge is 0.213 e. The zero-order valence-electron chi connectivity index (χ0n) is 16.7. The first-order chi connectivity index (χ1) is 14.6. The molecule has 6 nitrogen and oxygen atoms in total. The summed E-state index contributed by atoms with van der Waals surface area (Å²) in [5.74, 6) is 1.48. The zero-order valence-corrected chi connectivity index (χ0v) is 16.7. The Bertz CT molecular complexity index is 1170. The van der Waals surface area contributed by atoms with Crippen molar-refractivity contribution in [1.82, 2.24) is 9.55 Å². The molecule has 2 N–H and O–H groups in total. The van der Waals surface area contributed by atoms with Crippen LogP contribution in [-0.2, 0) is 0 Å². The first-order valence-electron chi connectivity index (χ1n) is 9.39. The molecule has 0 aliphatic carbocycles. The highest BCUT2D eigenvalue weighted by Gasteiger charge is 2.24. The normalized spacial score (nSPS) is 10.6. The van der Waals surface area contributed by atoms with Crippen LogP contribution < -0.4 is 15.2 Å². The minimum absolute atomic E-state index is 0.194. The van der Waals surface area contributed by atoms with Crippen LogP contribution in [0.4, 0.5) is 5.95 Å². The van der Waals surface area contributed by atoms with Gasteiger partial charge in [0.2, 0.25) is 11.7 Å². The Morgan fingerprint density at radius 3 is 1.97 bits per heavy atom.